The highest BCUT2D eigenvalue weighted by atomic mass is 32.2. The third-order valence-corrected chi connectivity index (χ3v) is 6.82. The number of benzene rings is 1. The summed E-state index contributed by atoms with van der Waals surface area (Å²) in [4.78, 5) is 13.4. The topological polar surface area (TPSA) is 53.6 Å². The highest BCUT2D eigenvalue weighted by Crippen LogP contribution is 2.48. The number of amides is 2. The average Bonchev–Trinajstić information content (AvgIpc) is 3.61. The van der Waals surface area contributed by atoms with E-state index in [1.807, 2.05) is 17.0 Å². The molecule has 0 spiro atoms. The Morgan fingerprint density at radius 1 is 1.29 bits per heavy atom. The van der Waals surface area contributed by atoms with Crippen LogP contribution in [0.25, 0.3) is 0 Å². The number of ether oxygens (including phenoxy) is 1. The molecule has 0 atom stereocenters. The van der Waals surface area contributed by atoms with Gasteiger partial charge in [-0.3, -0.25) is 4.72 Å². The van der Waals surface area contributed by atoms with Gasteiger partial charge in [0, 0.05) is 25.4 Å². The number of nitrogens with one attached hydrogen (secondary N) is 2. The molecule has 3 aliphatic rings. The summed E-state index contributed by atoms with van der Waals surface area (Å²) >= 11 is 1.76. The number of carbonyl (C=O) groups is 1. The molecule has 2 saturated carbocycles. The highest BCUT2D eigenvalue weighted by Gasteiger charge is 2.44. The van der Waals surface area contributed by atoms with Gasteiger partial charge in [0.1, 0.15) is 0 Å². The minimum Gasteiger partial charge on any atom is -0.490 e. The normalized spacial score (nSPS) is 20.3. The SMILES string of the molecule is O=C1NCCN1CCCCCSNC1(c2ccc(F)c(OCC3CC3)c2)CC1. The number of nitrogens with zero attached hydrogens (tertiary/aromatic N) is 1. The minimum atomic E-state index is -0.264. The summed E-state index contributed by atoms with van der Waals surface area (Å²) < 4.78 is 23.3. The largest absolute Gasteiger partial charge is 0.490 e. The van der Waals surface area contributed by atoms with Gasteiger partial charge in [0.05, 0.1) is 12.1 Å². The van der Waals surface area contributed by atoms with Crippen LogP contribution >= 0.6 is 11.9 Å². The van der Waals surface area contributed by atoms with Crippen molar-refractivity contribution in [3.63, 3.8) is 0 Å². The van der Waals surface area contributed by atoms with Crippen molar-refractivity contribution in [3.05, 3.63) is 29.6 Å². The zero-order valence-electron chi connectivity index (χ0n) is 16.3. The molecule has 1 heterocycles. The van der Waals surface area contributed by atoms with Gasteiger partial charge >= 0.3 is 6.03 Å². The van der Waals surface area contributed by atoms with Gasteiger partial charge in [-0.05, 0) is 62.1 Å². The lowest BCUT2D eigenvalue weighted by atomic mass is 10.1. The quantitative estimate of drug-likeness (QED) is 0.406. The highest BCUT2D eigenvalue weighted by molar-refractivity contribution is 7.97. The summed E-state index contributed by atoms with van der Waals surface area (Å²) in [7, 11) is 0. The van der Waals surface area contributed by atoms with Crippen molar-refractivity contribution in [1.82, 2.24) is 14.9 Å². The summed E-state index contributed by atoms with van der Waals surface area (Å²) in [5.74, 6) is 1.79. The van der Waals surface area contributed by atoms with E-state index in [9.17, 15) is 9.18 Å². The summed E-state index contributed by atoms with van der Waals surface area (Å²) in [5.41, 5.74) is 1.11. The molecule has 2 amide bonds. The maximum absolute atomic E-state index is 14.0. The molecule has 7 heteroatoms. The van der Waals surface area contributed by atoms with Gasteiger partial charge in [0.25, 0.3) is 0 Å². The average molecular weight is 408 g/mol. The summed E-state index contributed by atoms with van der Waals surface area (Å²) in [6.45, 7) is 3.10. The molecule has 1 aromatic carbocycles. The molecule has 5 nitrogen and oxygen atoms in total. The maximum atomic E-state index is 14.0. The van der Waals surface area contributed by atoms with Crippen LogP contribution in [-0.2, 0) is 5.54 Å². The van der Waals surface area contributed by atoms with Gasteiger partial charge in [-0.2, -0.15) is 0 Å². The number of hydrogen-bond donors (Lipinski definition) is 2. The molecule has 154 valence electrons. The number of rotatable bonds is 12. The molecule has 4 rings (SSSR count). The van der Waals surface area contributed by atoms with Crippen LogP contribution in [0, 0.1) is 11.7 Å². The lowest BCUT2D eigenvalue weighted by molar-refractivity contribution is 0.216. The van der Waals surface area contributed by atoms with E-state index in [2.05, 4.69) is 10.0 Å². The third-order valence-electron chi connectivity index (χ3n) is 5.79. The first-order valence-electron chi connectivity index (χ1n) is 10.5. The Balaban J connectivity index is 1.16. The first-order chi connectivity index (χ1) is 13.7. The van der Waals surface area contributed by atoms with Crippen molar-refractivity contribution in [3.8, 4) is 5.75 Å². The first kappa shape index (κ1) is 19.8. The predicted molar refractivity (Wildman–Crippen MR) is 110 cm³/mol. The molecule has 1 aliphatic heterocycles. The standard InChI is InChI=1S/C21H30FN3O2S/c22-18-7-6-17(14-19(18)27-15-16-4-5-16)21(8-9-21)24-28-13-3-1-2-11-25-12-10-23-20(25)26/h6-7,14,16,24H,1-5,8-13,15H2,(H,23,26). The molecular weight excluding hydrogens is 377 g/mol. The molecule has 0 bridgehead atoms. The fraction of sp³-hybridized carbons (Fsp3) is 0.667. The van der Waals surface area contributed by atoms with Gasteiger partial charge in [-0.15, -0.1) is 0 Å². The Bertz CT molecular complexity index is 694. The van der Waals surface area contributed by atoms with Crippen LogP contribution < -0.4 is 14.8 Å². The Hall–Kier alpha value is -1.47. The van der Waals surface area contributed by atoms with E-state index in [1.54, 1.807) is 18.0 Å². The molecule has 28 heavy (non-hydrogen) atoms. The first-order valence-corrected chi connectivity index (χ1v) is 11.5. The fourth-order valence-corrected chi connectivity index (χ4v) is 4.59. The second-order valence-corrected chi connectivity index (χ2v) is 9.11. The van der Waals surface area contributed by atoms with Gasteiger partial charge in [0.15, 0.2) is 11.6 Å². The van der Waals surface area contributed by atoms with Crippen LogP contribution in [0.1, 0.15) is 50.5 Å². The number of halogens is 1. The van der Waals surface area contributed by atoms with E-state index in [1.165, 1.54) is 12.8 Å². The minimum absolute atomic E-state index is 0.0241. The molecule has 0 radical (unpaired) electrons. The summed E-state index contributed by atoms with van der Waals surface area (Å²) in [5, 5.41) is 2.83. The third kappa shape index (κ3) is 5.11. The van der Waals surface area contributed by atoms with E-state index in [4.69, 9.17) is 4.74 Å². The van der Waals surface area contributed by atoms with Crippen molar-refractivity contribution in [2.45, 2.75) is 50.5 Å². The second-order valence-electron chi connectivity index (χ2n) is 8.21. The fourth-order valence-electron chi connectivity index (χ4n) is 3.55. The molecule has 1 saturated heterocycles. The van der Waals surface area contributed by atoms with Gasteiger partial charge in [-0.1, -0.05) is 24.4 Å². The van der Waals surface area contributed by atoms with Crippen molar-refractivity contribution >= 4 is 18.0 Å². The zero-order chi connectivity index (χ0) is 19.4. The van der Waals surface area contributed by atoms with Gasteiger partial charge < -0.3 is 15.0 Å². The maximum Gasteiger partial charge on any atom is 0.317 e. The Labute approximate surface area is 170 Å². The zero-order valence-corrected chi connectivity index (χ0v) is 17.2. The van der Waals surface area contributed by atoms with Crippen molar-refractivity contribution in [2.75, 3.05) is 32.0 Å². The summed E-state index contributed by atoms with van der Waals surface area (Å²) in [6.07, 6.45) is 7.88. The smallest absolute Gasteiger partial charge is 0.317 e. The van der Waals surface area contributed by atoms with Gasteiger partial charge in [-0.25, -0.2) is 9.18 Å². The molecule has 2 N–H and O–H groups in total. The van der Waals surface area contributed by atoms with Gasteiger partial charge in [0.2, 0.25) is 0 Å². The number of unbranched alkanes of at least 4 members (excludes halogenated alkanes) is 2. The number of hydrogen-bond acceptors (Lipinski definition) is 4. The predicted octanol–water partition coefficient (Wildman–Crippen LogP) is 4.04. The van der Waals surface area contributed by atoms with E-state index < -0.39 is 0 Å². The van der Waals surface area contributed by atoms with E-state index in [-0.39, 0.29) is 17.4 Å². The lowest BCUT2D eigenvalue weighted by Gasteiger charge is -2.19. The summed E-state index contributed by atoms with van der Waals surface area (Å²) in [6, 6.07) is 5.39. The Morgan fingerprint density at radius 2 is 2.14 bits per heavy atom. The van der Waals surface area contributed by atoms with Crippen LogP contribution in [0.2, 0.25) is 0 Å². The van der Waals surface area contributed by atoms with Crippen LogP contribution in [0.3, 0.4) is 0 Å². The van der Waals surface area contributed by atoms with Crippen LogP contribution in [0.15, 0.2) is 18.2 Å². The van der Waals surface area contributed by atoms with Crippen LogP contribution in [-0.4, -0.2) is 42.9 Å². The monoisotopic (exact) mass is 407 g/mol. The molecule has 0 aromatic heterocycles. The Kier molecular flexibility index (Phi) is 6.31. The molecule has 3 fully saturated rings. The molecule has 1 aromatic rings. The number of urea groups is 1. The molecule has 2 aliphatic carbocycles. The van der Waals surface area contributed by atoms with E-state index in [0.717, 1.165) is 63.1 Å². The molecular formula is C21H30FN3O2S. The van der Waals surface area contributed by atoms with Crippen LogP contribution in [0.5, 0.6) is 5.75 Å². The lowest BCUT2D eigenvalue weighted by Crippen LogP contribution is -2.28. The molecule has 0 unspecified atom stereocenters. The van der Waals surface area contributed by atoms with Crippen molar-refractivity contribution in [2.24, 2.45) is 5.92 Å². The van der Waals surface area contributed by atoms with E-state index in [0.29, 0.717) is 18.3 Å². The Morgan fingerprint density at radius 3 is 2.86 bits per heavy atom. The van der Waals surface area contributed by atoms with Crippen molar-refractivity contribution in [1.29, 1.82) is 0 Å². The number of carbonyl (C=O) groups excluding carboxylic acids is 1. The van der Waals surface area contributed by atoms with Crippen LogP contribution in [0.4, 0.5) is 9.18 Å². The second kappa shape index (κ2) is 8.91. The van der Waals surface area contributed by atoms with Crippen molar-refractivity contribution < 1.29 is 13.9 Å². The van der Waals surface area contributed by atoms with E-state index >= 15 is 0 Å².